The molecule has 0 bridgehead atoms. The molecule has 0 N–H and O–H groups in total. The predicted molar refractivity (Wildman–Crippen MR) is 37.2 cm³/mol. The quantitative estimate of drug-likeness (QED) is 0.517. The number of halogens is 1. The van der Waals surface area contributed by atoms with Crippen molar-refractivity contribution in [1.82, 2.24) is 0 Å². The van der Waals surface area contributed by atoms with Crippen LogP contribution in [0.3, 0.4) is 0 Å². The molecule has 0 aromatic rings. The van der Waals surface area contributed by atoms with Crippen LogP contribution in [0.4, 0.5) is 0 Å². The van der Waals surface area contributed by atoms with Gasteiger partial charge in [-0.25, -0.2) is 0 Å². The van der Waals surface area contributed by atoms with Crippen LogP contribution in [0.5, 0.6) is 0 Å². The van der Waals surface area contributed by atoms with Crippen LogP contribution in [0.1, 0.15) is 26.7 Å². The lowest BCUT2D eigenvalue weighted by Gasteiger charge is -2.19. The van der Waals surface area contributed by atoms with Gasteiger partial charge in [0, 0.05) is 0 Å². The maximum Gasteiger partial charge on any atom is 0.133 e. The van der Waals surface area contributed by atoms with Crippen molar-refractivity contribution in [2.24, 2.45) is 5.41 Å². The van der Waals surface area contributed by atoms with Crippen molar-refractivity contribution < 1.29 is 0 Å². The molecule has 1 atom stereocenters. The normalized spacial score (nSPS) is 28.2. The van der Waals surface area contributed by atoms with Crippen molar-refractivity contribution in [3.05, 3.63) is 0 Å². The van der Waals surface area contributed by atoms with E-state index in [0.717, 1.165) is 12.8 Å². The van der Waals surface area contributed by atoms with Gasteiger partial charge in [0.05, 0.1) is 6.07 Å². The minimum Gasteiger partial charge on any atom is -0.196 e. The zero-order valence-corrected chi connectivity index (χ0v) is 6.50. The van der Waals surface area contributed by atoms with Gasteiger partial charge in [0.2, 0.25) is 0 Å². The van der Waals surface area contributed by atoms with E-state index in [1.807, 2.05) is 0 Å². The van der Waals surface area contributed by atoms with E-state index in [4.69, 9.17) is 16.9 Å². The third-order valence-electron chi connectivity index (χ3n) is 2.34. The molecule has 1 aliphatic carbocycles. The fraction of sp³-hybridized carbons (Fsp3) is 0.857. The first kappa shape index (κ1) is 6.89. The number of hydrogen-bond acceptors (Lipinski definition) is 1. The van der Waals surface area contributed by atoms with Crippen LogP contribution in [0.25, 0.3) is 0 Å². The van der Waals surface area contributed by atoms with Crippen molar-refractivity contribution in [1.29, 1.82) is 5.26 Å². The Morgan fingerprint density at radius 3 is 2.22 bits per heavy atom. The molecular weight excluding hydrogens is 134 g/mol. The second kappa shape index (κ2) is 1.64. The first-order valence-electron chi connectivity index (χ1n) is 3.12. The Kier molecular flexibility index (Phi) is 1.25. The summed E-state index contributed by atoms with van der Waals surface area (Å²) in [7, 11) is 0. The highest BCUT2D eigenvalue weighted by Gasteiger charge is 2.52. The highest BCUT2D eigenvalue weighted by atomic mass is 35.5. The Labute approximate surface area is 60.6 Å². The molecule has 0 aromatic heterocycles. The van der Waals surface area contributed by atoms with Crippen LogP contribution in [0.2, 0.25) is 0 Å². The number of alkyl halides is 1. The lowest BCUT2D eigenvalue weighted by molar-refractivity contribution is 0.481. The lowest BCUT2D eigenvalue weighted by Crippen LogP contribution is -2.25. The van der Waals surface area contributed by atoms with Gasteiger partial charge in [-0.05, 0) is 25.2 Å². The van der Waals surface area contributed by atoms with Crippen molar-refractivity contribution in [2.45, 2.75) is 31.6 Å². The molecule has 1 rings (SSSR count). The number of rotatable bonds is 1. The van der Waals surface area contributed by atoms with Crippen molar-refractivity contribution >= 4 is 11.6 Å². The summed E-state index contributed by atoms with van der Waals surface area (Å²) in [5.74, 6) is 0. The Balaban J connectivity index is 2.73. The van der Waals surface area contributed by atoms with E-state index in [-0.39, 0.29) is 5.41 Å². The molecule has 2 heteroatoms. The molecule has 0 spiro atoms. The second-order valence-corrected chi connectivity index (χ2v) is 3.93. The SMILES string of the molecule is CC(Cl)(C#N)C1(C)CC1. The summed E-state index contributed by atoms with van der Waals surface area (Å²) < 4.78 is 0. The summed E-state index contributed by atoms with van der Waals surface area (Å²) in [6.45, 7) is 3.85. The third kappa shape index (κ3) is 0.923. The van der Waals surface area contributed by atoms with Crippen LogP contribution in [0, 0.1) is 16.7 Å². The van der Waals surface area contributed by atoms with Gasteiger partial charge in [-0.3, -0.25) is 0 Å². The Hall–Kier alpha value is -0.220. The topological polar surface area (TPSA) is 23.8 Å². The van der Waals surface area contributed by atoms with Crippen LogP contribution < -0.4 is 0 Å². The largest absolute Gasteiger partial charge is 0.196 e. The van der Waals surface area contributed by atoms with Gasteiger partial charge in [0.1, 0.15) is 4.87 Å². The van der Waals surface area contributed by atoms with Crippen molar-refractivity contribution in [3.8, 4) is 6.07 Å². The highest BCUT2D eigenvalue weighted by Crippen LogP contribution is 2.56. The van der Waals surface area contributed by atoms with E-state index < -0.39 is 4.87 Å². The third-order valence-corrected chi connectivity index (χ3v) is 2.88. The zero-order valence-electron chi connectivity index (χ0n) is 5.74. The molecule has 9 heavy (non-hydrogen) atoms. The molecule has 0 aromatic carbocycles. The second-order valence-electron chi connectivity index (χ2n) is 3.18. The maximum atomic E-state index is 8.59. The monoisotopic (exact) mass is 143 g/mol. The van der Waals surface area contributed by atoms with Crippen LogP contribution in [0.15, 0.2) is 0 Å². The summed E-state index contributed by atoms with van der Waals surface area (Å²) in [5.41, 5.74) is 0.101. The Morgan fingerprint density at radius 1 is 1.67 bits per heavy atom. The smallest absolute Gasteiger partial charge is 0.133 e. The number of nitriles is 1. The van der Waals surface area contributed by atoms with E-state index in [2.05, 4.69) is 13.0 Å². The number of nitrogens with zero attached hydrogens (tertiary/aromatic N) is 1. The molecule has 0 radical (unpaired) electrons. The van der Waals surface area contributed by atoms with Crippen molar-refractivity contribution in [2.75, 3.05) is 0 Å². The van der Waals surface area contributed by atoms with E-state index in [1.54, 1.807) is 6.92 Å². The first-order valence-corrected chi connectivity index (χ1v) is 3.50. The average Bonchev–Trinajstić information content (AvgIpc) is 2.49. The van der Waals surface area contributed by atoms with Gasteiger partial charge in [-0.15, -0.1) is 11.6 Å². The fourth-order valence-corrected chi connectivity index (χ4v) is 0.981. The lowest BCUT2D eigenvalue weighted by atomic mass is 9.93. The van der Waals surface area contributed by atoms with E-state index in [1.165, 1.54) is 0 Å². The average molecular weight is 144 g/mol. The number of hydrogen-bond donors (Lipinski definition) is 0. The molecule has 0 heterocycles. The molecule has 1 nitrogen and oxygen atoms in total. The van der Waals surface area contributed by atoms with Gasteiger partial charge in [-0.2, -0.15) is 5.26 Å². The molecule has 0 aliphatic heterocycles. The predicted octanol–water partition coefficient (Wildman–Crippen LogP) is 2.31. The van der Waals surface area contributed by atoms with E-state index in [0.29, 0.717) is 0 Å². The van der Waals surface area contributed by atoms with Gasteiger partial charge < -0.3 is 0 Å². The molecule has 1 aliphatic rings. The van der Waals surface area contributed by atoms with E-state index in [9.17, 15) is 0 Å². The molecule has 1 unspecified atom stereocenters. The molecule has 50 valence electrons. The molecule has 1 saturated carbocycles. The summed E-state index contributed by atoms with van der Waals surface area (Å²) in [4.78, 5) is -0.632. The molecule has 1 fully saturated rings. The summed E-state index contributed by atoms with van der Waals surface area (Å²) >= 11 is 5.90. The minimum absolute atomic E-state index is 0.101. The minimum atomic E-state index is -0.632. The fourth-order valence-electron chi connectivity index (χ4n) is 0.792. The van der Waals surface area contributed by atoms with Gasteiger partial charge in [0.25, 0.3) is 0 Å². The van der Waals surface area contributed by atoms with Gasteiger partial charge in [0.15, 0.2) is 0 Å². The Bertz CT molecular complexity index is 162. The summed E-state index contributed by atoms with van der Waals surface area (Å²) in [6.07, 6.45) is 2.20. The summed E-state index contributed by atoms with van der Waals surface area (Å²) in [6, 6.07) is 2.11. The van der Waals surface area contributed by atoms with Crippen molar-refractivity contribution in [3.63, 3.8) is 0 Å². The van der Waals surface area contributed by atoms with Gasteiger partial charge >= 0.3 is 0 Å². The van der Waals surface area contributed by atoms with Gasteiger partial charge in [-0.1, -0.05) is 6.92 Å². The highest BCUT2D eigenvalue weighted by molar-refractivity contribution is 6.26. The molecular formula is C7H10ClN. The summed E-state index contributed by atoms with van der Waals surface area (Å²) in [5, 5.41) is 8.59. The van der Waals surface area contributed by atoms with Crippen LogP contribution in [-0.4, -0.2) is 4.87 Å². The van der Waals surface area contributed by atoms with E-state index >= 15 is 0 Å². The van der Waals surface area contributed by atoms with Crippen LogP contribution in [-0.2, 0) is 0 Å². The standard InChI is InChI=1S/C7H10ClN/c1-6(3-4-6)7(2,8)5-9/h3-4H2,1-2H3. The maximum absolute atomic E-state index is 8.59. The van der Waals surface area contributed by atoms with Crippen LogP contribution >= 0.6 is 11.6 Å². The molecule has 0 amide bonds. The first-order chi connectivity index (χ1) is 4.02. The zero-order chi connectivity index (χ0) is 7.12. The Morgan fingerprint density at radius 2 is 2.11 bits per heavy atom. The molecule has 0 saturated heterocycles.